The van der Waals surface area contributed by atoms with E-state index in [4.69, 9.17) is 4.74 Å². The molecule has 1 rings (SSSR count). The lowest BCUT2D eigenvalue weighted by molar-refractivity contribution is 0.127. The molecule has 0 aromatic carbocycles. The van der Waals surface area contributed by atoms with Crippen LogP contribution in [0.25, 0.3) is 0 Å². The predicted molar refractivity (Wildman–Crippen MR) is 59.1 cm³/mol. The van der Waals surface area contributed by atoms with Gasteiger partial charge >= 0.3 is 0 Å². The second kappa shape index (κ2) is 5.05. The van der Waals surface area contributed by atoms with Crippen molar-refractivity contribution in [1.29, 1.82) is 0 Å². The van der Waals surface area contributed by atoms with Crippen molar-refractivity contribution in [2.24, 2.45) is 0 Å². The Labute approximate surface area is 89.2 Å². The molecule has 0 aromatic rings. The van der Waals surface area contributed by atoms with Gasteiger partial charge in [0.05, 0.1) is 12.8 Å². The Hall–Kier alpha value is -0.190. The molecule has 82 valence electrons. The zero-order chi connectivity index (χ0) is 10.6. The maximum Gasteiger partial charge on any atom is 0.136 e. The van der Waals surface area contributed by atoms with Crippen molar-refractivity contribution in [3.8, 4) is 0 Å². The van der Waals surface area contributed by atoms with Gasteiger partial charge in [-0.15, -0.1) is 4.72 Å². The Morgan fingerprint density at radius 2 is 2.29 bits per heavy atom. The summed E-state index contributed by atoms with van der Waals surface area (Å²) < 4.78 is 19.8. The molecular formula is C10H19NO2S. The Kier molecular flexibility index (Phi) is 4.29. The summed E-state index contributed by atoms with van der Waals surface area (Å²) in [5.74, 6) is 0. The maximum atomic E-state index is 11.6. The molecule has 1 aliphatic rings. The van der Waals surface area contributed by atoms with E-state index in [9.17, 15) is 4.55 Å². The Morgan fingerprint density at radius 1 is 1.57 bits per heavy atom. The third-order valence-corrected chi connectivity index (χ3v) is 3.56. The lowest BCUT2D eigenvalue weighted by Crippen LogP contribution is -2.43. The van der Waals surface area contributed by atoms with Crippen molar-refractivity contribution < 1.29 is 9.29 Å². The van der Waals surface area contributed by atoms with E-state index in [-0.39, 0.29) is 10.9 Å². The molecule has 0 bridgehead atoms. The first-order valence-electron chi connectivity index (χ1n) is 4.96. The normalized spacial score (nSPS) is 24.4. The standard InChI is InChI=1S/C10H19NO2S/c1-10(2,3)14(12)11-8-9-6-4-5-7-13-9/h5,7,9,11H,4,6,8H2,1-3H3/t9?,14-/m1/s1. The Bertz CT molecular complexity index is 201. The molecule has 0 saturated heterocycles. The van der Waals surface area contributed by atoms with Crippen LogP contribution in [0.15, 0.2) is 12.3 Å². The van der Waals surface area contributed by atoms with Gasteiger partial charge in [0.2, 0.25) is 0 Å². The molecule has 0 aromatic heterocycles. The van der Waals surface area contributed by atoms with Gasteiger partial charge < -0.3 is 9.29 Å². The lowest BCUT2D eigenvalue weighted by atomic mass is 10.2. The van der Waals surface area contributed by atoms with Gasteiger partial charge in [-0.3, -0.25) is 0 Å². The minimum Gasteiger partial charge on any atom is -0.598 e. The molecule has 1 aliphatic heterocycles. The predicted octanol–water partition coefficient (Wildman–Crippen LogP) is 1.73. The highest BCUT2D eigenvalue weighted by atomic mass is 32.2. The summed E-state index contributed by atoms with van der Waals surface area (Å²) in [6, 6.07) is 0. The van der Waals surface area contributed by atoms with E-state index in [2.05, 4.69) is 4.72 Å². The fourth-order valence-electron chi connectivity index (χ4n) is 1.12. The van der Waals surface area contributed by atoms with Crippen LogP contribution in [0.3, 0.4) is 0 Å². The molecule has 14 heavy (non-hydrogen) atoms. The average Bonchev–Trinajstić information content (AvgIpc) is 2.14. The summed E-state index contributed by atoms with van der Waals surface area (Å²) in [6.07, 6.45) is 5.97. The van der Waals surface area contributed by atoms with E-state index >= 15 is 0 Å². The van der Waals surface area contributed by atoms with E-state index in [1.54, 1.807) is 6.26 Å². The summed E-state index contributed by atoms with van der Waals surface area (Å²) >= 11 is -0.993. The largest absolute Gasteiger partial charge is 0.598 e. The van der Waals surface area contributed by atoms with Gasteiger partial charge in [-0.25, -0.2) is 0 Å². The minimum atomic E-state index is -0.993. The van der Waals surface area contributed by atoms with Gasteiger partial charge in [0.15, 0.2) is 0 Å². The molecule has 0 aliphatic carbocycles. The second-order valence-corrected chi connectivity index (χ2v) is 6.49. The number of hydrogen-bond donors (Lipinski definition) is 1. The average molecular weight is 217 g/mol. The molecule has 3 nitrogen and oxygen atoms in total. The molecular weight excluding hydrogens is 198 g/mol. The van der Waals surface area contributed by atoms with E-state index in [0.29, 0.717) is 6.54 Å². The highest BCUT2D eigenvalue weighted by Gasteiger charge is 2.27. The number of rotatable bonds is 3. The van der Waals surface area contributed by atoms with Crippen LogP contribution in [0.2, 0.25) is 0 Å². The van der Waals surface area contributed by atoms with Crippen LogP contribution in [-0.2, 0) is 16.1 Å². The maximum absolute atomic E-state index is 11.6. The molecule has 2 atom stereocenters. The highest BCUT2D eigenvalue weighted by molar-refractivity contribution is 7.90. The smallest absolute Gasteiger partial charge is 0.136 e. The molecule has 0 saturated carbocycles. The van der Waals surface area contributed by atoms with Crippen LogP contribution in [0.5, 0.6) is 0 Å². The molecule has 1 heterocycles. The molecule has 0 fully saturated rings. The third-order valence-electron chi connectivity index (χ3n) is 2.02. The van der Waals surface area contributed by atoms with Crippen LogP contribution >= 0.6 is 0 Å². The number of hydrogen-bond acceptors (Lipinski definition) is 3. The molecule has 0 spiro atoms. The zero-order valence-corrected chi connectivity index (χ0v) is 9.89. The first kappa shape index (κ1) is 11.9. The van der Waals surface area contributed by atoms with Crippen LogP contribution < -0.4 is 4.72 Å². The van der Waals surface area contributed by atoms with Crippen molar-refractivity contribution in [1.82, 2.24) is 4.72 Å². The van der Waals surface area contributed by atoms with Crippen LogP contribution in [-0.4, -0.2) is 21.9 Å². The number of nitrogens with one attached hydrogen (secondary N) is 1. The summed E-state index contributed by atoms with van der Waals surface area (Å²) in [5, 5.41) is 0. The molecule has 1 N–H and O–H groups in total. The van der Waals surface area contributed by atoms with Gasteiger partial charge in [0.25, 0.3) is 0 Å². The fourth-order valence-corrected chi connectivity index (χ4v) is 1.89. The van der Waals surface area contributed by atoms with Gasteiger partial charge in [-0.1, -0.05) is 0 Å². The third kappa shape index (κ3) is 3.90. The Morgan fingerprint density at radius 3 is 2.79 bits per heavy atom. The van der Waals surface area contributed by atoms with Gasteiger partial charge in [-0.05, 0) is 39.7 Å². The van der Waals surface area contributed by atoms with E-state index in [1.807, 2.05) is 26.8 Å². The topological polar surface area (TPSA) is 44.3 Å². The van der Waals surface area contributed by atoms with E-state index in [1.165, 1.54) is 0 Å². The minimum absolute atomic E-state index is 0.172. The molecule has 4 heteroatoms. The number of allylic oxidation sites excluding steroid dienone is 1. The van der Waals surface area contributed by atoms with Crippen molar-refractivity contribution in [3.05, 3.63) is 12.3 Å². The second-order valence-electron chi connectivity index (χ2n) is 4.44. The highest BCUT2D eigenvalue weighted by Crippen LogP contribution is 2.14. The number of ether oxygens (including phenoxy) is 1. The lowest BCUT2D eigenvalue weighted by Gasteiger charge is -2.26. The van der Waals surface area contributed by atoms with E-state index in [0.717, 1.165) is 12.8 Å². The van der Waals surface area contributed by atoms with Gasteiger partial charge in [-0.2, -0.15) is 0 Å². The molecule has 1 unspecified atom stereocenters. The van der Waals surface area contributed by atoms with Crippen molar-refractivity contribution in [2.75, 3.05) is 6.54 Å². The van der Waals surface area contributed by atoms with Gasteiger partial charge in [0.1, 0.15) is 10.9 Å². The monoisotopic (exact) mass is 217 g/mol. The fraction of sp³-hybridized carbons (Fsp3) is 0.800. The van der Waals surface area contributed by atoms with Crippen molar-refractivity contribution in [3.63, 3.8) is 0 Å². The molecule has 0 radical (unpaired) electrons. The summed E-state index contributed by atoms with van der Waals surface area (Å²) in [4.78, 5) is 0. The first-order valence-corrected chi connectivity index (χ1v) is 6.11. The Balaban J connectivity index is 2.23. The summed E-state index contributed by atoms with van der Waals surface area (Å²) in [7, 11) is 0. The van der Waals surface area contributed by atoms with Crippen LogP contribution in [0.1, 0.15) is 33.6 Å². The van der Waals surface area contributed by atoms with Crippen LogP contribution in [0, 0.1) is 0 Å². The zero-order valence-electron chi connectivity index (χ0n) is 9.08. The van der Waals surface area contributed by atoms with Gasteiger partial charge in [0, 0.05) is 11.4 Å². The SMILES string of the molecule is CC(C)(C)[S@@+]([O-])NCC1CCC=CO1. The van der Waals surface area contributed by atoms with Crippen molar-refractivity contribution >= 4 is 11.4 Å². The van der Waals surface area contributed by atoms with Crippen LogP contribution in [0.4, 0.5) is 0 Å². The van der Waals surface area contributed by atoms with E-state index < -0.39 is 11.4 Å². The molecule has 0 amide bonds. The quantitative estimate of drug-likeness (QED) is 0.732. The summed E-state index contributed by atoms with van der Waals surface area (Å²) in [6.45, 7) is 6.53. The van der Waals surface area contributed by atoms with Crippen molar-refractivity contribution in [2.45, 2.75) is 44.5 Å². The first-order chi connectivity index (χ1) is 6.50. The summed E-state index contributed by atoms with van der Waals surface area (Å²) in [5.41, 5.74) is 0.